The van der Waals surface area contributed by atoms with Gasteiger partial charge in [0, 0.05) is 25.6 Å². The van der Waals surface area contributed by atoms with Gasteiger partial charge in [0.25, 0.3) is 0 Å². The zero-order valence-electron chi connectivity index (χ0n) is 8.79. The Morgan fingerprint density at radius 1 is 1.71 bits per heavy atom. The molecule has 0 aliphatic rings. The van der Waals surface area contributed by atoms with Crippen LogP contribution in [0, 0.1) is 0 Å². The minimum absolute atomic E-state index is 0.186. The summed E-state index contributed by atoms with van der Waals surface area (Å²) in [6, 6.07) is 1.99. The number of hydrogen-bond donors (Lipinski definition) is 0. The molecule has 3 nitrogen and oxygen atoms in total. The SMILES string of the molecule is C=CCC(=O)Cc1cc(CC)nn1C. The van der Waals surface area contributed by atoms with Crippen molar-refractivity contribution in [2.75, 3.05) is 0 Å². The van der Waals surface area contributed by atoms with Gasteiger partial charge in [0.1, 0.15) is 5.78 Å². The molecule has 1 aromatic heterocycles. The van der Waals surface area contributed by atoms with E-state index in [-0.39, 0.29) is 5.78 Å². The van der Waals surface area contributed by atoms with Gasteiger partial charge in [0.2, 0.25) is 0 Å². The van der Waals surface area contributed by atoms with E-state index >= 15 is 0 Å². The Balaban J connectivity index is 2.70. The number of hydrogen-bond acceptors (Lipinski definition) is 2. The summed E-state index contributed by atoms with van der Waals surface area (Å²) in [7, 11) is 1.87. The van der Waals surface area contributed by atoms with E-state index in [4.69, 9.17) is 0 Å². The average molecular weight is 192 g/mol. The molecule has 1 rings (SSSR count). The van der Waals surface area contributed by atoms with Gasteiger partial charge < -0.3 is 0 Å². The quantitative estimate of drug-likeness (QED) is 0.665. The molecule has 0 saturated carbocycles. The van der Waals surface area contributed by atoms with Crippen LogP contribution in [0.15, 0.2) is 18.7 Å². The monoisotopic (exact) mass is 192 g/mol. The van der Waals surface area contributed by atoms with E-state index in [1.807, 2.05) is 13.1 Å². The molecule has 0 atom stereocenters. The third-order valence-electron chi connectivity index (χ3n) is 2.14. The van der Waals surface area contributed by atoms with Crippen molar-refractivity contribution in [3.63, 3.8) is 0 Å². The summed E-state index contributed by atoms with van der Waals surface area (Å²) >= 11 is 0. The van der Waals surface area contributed by atoms with Crippen LogP contribution in [0.3, 0.4) is 0 Å². The lowest BCUT2D eigenvalue weighted by Gasteiger charge is -1.98. The van der Waals surface area contributed by atoms with Gasteiger partial charge in [-0.1, -0.05) is 13.0 Å². The molecule has 0 spiro atoms. The Morgan fingerprint density at radius 2 is 2.43 bits per heavy atom. The summed E-state index contributed by atoms with van der Waals surface area (Å²) in [5.41, 5.74) is 2.02. The summed E-state index contributed by atoms with van der Waals surface area (Å²) in [5, 5.41) is 4.28. The fourth-order valence-corrected chi connectivity index (χ4v) is 1.34. The number of Topliss-reactive ketones (excluding diaryl/α,β-unsaturated/α-hetero) is 1. The molecule has 0 aliphatic carbocycles. The van der Waals surface area contributed by atoms with Crippen molar-refractivity contribution in [1.29, 1.82) is 0 Å². The number of carbonyl (C=O) groups is 1. The number of aryl methyl sites for hydroxylation is 2. The maximum atomic E-state index is 11.3. The zero-order chi connectivity index (χ0) is 10.6. The Morgan fingerprint density at radius 3 is 2.93 bits per heavy atom. The third kappa shape index (κ3) is 2.55. The molecular formula is C11H16N2O. The van der Waals surface area contributed by atoms with E-state index in [1.165, 1.54) is 0 Å². The van der Waals surface area contributed by atoms with Crippen molar-refractivity contribution < 1.29 is 4.79 Å². The highest BCUT2D eigenvalue weighted by Gasteiger charge is 2.07. The van der Waals surface area contributed by atoms with Crippen LogP contribution in [0.2, 0.25) is 0 Å². The molecule has 0 amide bonds. The minimum Gasteiger partial charge on any atom is -0.299 e. The molecule has 0 N–H and O–H groups in total. The van der Waals surface area contributed by atoms with Gasteiger partial charge in [-0.2, -0.15) is 5.10 Å². The molecule has 0 aromatic carbocycles. The minimum atomic E-state index is 0.186. The molecule has 0 bridgehead atoms. The molecule has 0 saturated heterocycles. The number of allylic oxidation sites excluding steroid dienone is 1. The molecule has 3 heteroatoms. The fourth-order valence-electron chi connectivity index (χ4n) is 1.34. The largest absolute Gasteiger partial charge is 0.299 e. The van der Waals surface area contributed by atoms with E-state index in [9.17, 15) is 4.79 Å². The maximum absolute atomic E-state index is 11.3. The van der Waals surface area contributed by atoms with Crippen molar-refractivity contribution in [2.45, 2.75) is 26.2 Å². The van der Waals surface area contributed by atoms with E-state index in [0.29, 0.717) is 12.8 Å². The highest BCUT2D eigenvalue weighted by Crippen LogP contribution is 2.06. The molecule has 1 heterocycles. The van der Waals surface area contributed by atoms with Crippen molar-refractivity contribution in [2.24, 2.45) is 7.05 Å². The van der Waals surface area contributed by atoms with Crippen molar-refractivity contribution in [3.05, 3.63) is 30.1 Å². The number of carbonyl (C=O) groups excluding carboxylic acids is 1. The lowest BCUT2D eigenvalue weighted by atomic mass is 10.1. The second-order valence-corrected chi connectivity index (χ2v) is 3.31. The predicted octanol–water partition coefficient (Wildman–Crippen LogP) is 1.67. The topological polar surface area (TPSA) is 34.9 Å². The summed E-state index contributed by atoms with van der Waals surface area (Å²) in [4.78, 5) is 11.3. The third-order valence-corrected chi connectivity index (χ3v) is 2.14. The van der Waals surface area contributed by atoms with Gasteiger partial charge >= 0.3 is 0 Å². The Hall–Kier alpha value is -1.38. The normalized spacial score (nSPS) is 10.1. The molecule has 0 radical (unpaired) electrons. The van der Waals surface area contributed by atoms with E-state index < -0.39 is 0 Å². The second kappa shape index (κ2) is 4.74. The summed E-state index contributed by atoms with van der Waals surface area (Å²) in [5.74, 6) is 0.186. The van der Waals surface area contributed by atoms with Crippen LogP contribution in [0.1, 0.15) is 24.7 Å². The molecule has 0 fully saturated rings. The first-order chi connectivity index (χ1) is 6.67. The van der Waals surface area contributed by atoms with Crippen LogP contribution < -0.4 is 0 Å². The fraction of sp³-hybridized carbons (Fsp3) is 0.455. The maximum Gasteiger partial charge on any atom is 0.142 e. The highest BCUT2D eigenvalue weighted by atomic mass is 16.1. The Labute approximate surface area is 84.4 Å². The first kappa shape index (κ1) is 10.7. The average Bonchev–Trinajstić information content (AvgIpc) is 2.48. The highest BCUT2D eigenvalue weighted by molar-refractivity contribution is 5.81. The predicted molar refractivity (Wildman–Crippen MR) is 56.1 cm³/mol. The second-order valence-electron chi connectivity index (χ2n) is 3.31. The first-order valence-electron chi connectivity index (χ1n) is 4.81. The van der Waals surface area contributed by atoms with Crippen molar-refractivity contribution >= 4 is 5.78 Å². The summed E-state index contributed by atoms with van der Waals surface area (Å²) in [6.45, 7) is 5.60. The van der Waals surface area contributed by atoms with Crippen LogP contribution in [0.25, 0.3) is 0 Å². The van der Waals surface area contributed by atoms with Crippen molar-refractivity contribution in [1.82, 2.24) is 9.78 Å². The van der Waals surface area contributed by atoms with E-state index in [2.05, 4.69) is 18.6 Å². The lowest BCUT2D eigenvalue weighted by molar-refractivity contribution is -0.117. The first-order valence-corrected chi connectivity index (χ1v) is 4.81. The summed E-state index contributed by atoms with van der Waals surface area (Å²) < 4.78 is 1.78. The number of aromatic nitrogens is 2. The Bertz CT molecular complexity index is 339. The van der Waals surface area contributed by atoms with Crippen LogP contribution in [-0.4, -0.2) is 15.6 Å². The van der Waals surface area contributed by atoms with Crippen LogP contribution >= 0.6 is 0 Å². The smallest absolute Gasteiger partial charge is 0.142 e. The number of ketones is 1. The molecule has 76 valence electrons. The van der Waals surface area contributed by atoms with Gasteiger partial charge in [0.05, 0.1) is 5.69 Å². The molecule has 0 unspecified atom stereocenters. The van der Waals surface area contributed by atoms with Crippen molar-refractivity contribution in [3.8, 4) is 0 Å². The van der Waals surface area contributed by atoms with Gasteiger partial charge in [-0.25, -0.2) is 0 Å². The molecule has 14 heavy (non-hydrogen) atoms. The van der Waals surface area contributed by atoms with Crippen LogP contribution in [-0.2, 0) is 24.7 Å². The van der Waals surface area contributed by atoms with Gasteiger partial charge in [0.15, 0.2) is 0 Å². The number of rotatable bonds is 5. The Kier molecular flexibility index (Phi) is 3.63. The zero-order valence-corrected chi connectivity index (χ0v) is 8.79. The van der Waals surface area contributed by atoms with Crippen LogP contribution in [0.5, 0.6) is 0 Å². The van der Waals surface area contributed by atoms with Gasteiger partial charge in [-0.05, 0) is 12.5 Å². The molecule has 1 aromatic rings. The van der Waals surface area contributed by atoms with E-state index in [1.54, 1.807) is 10.8 Å². The standard InChI is InChI=1S/C11H16N2O/c1-4-6-11(14)8-10-7-9(5-2)12-13(10)3/h4,7H,1,5-6,8H2,2-3H3. The van der Waals surface area contributed by atoms with E-state index in [0.717, 1.165) is 17.8 Å². The molecule has 0 aliphatic heterocycles. The van der Waals surface area contributed by atoms with Crippen LogP contribution in [0.4, 0.5) is 0 Å². The molecular weight excluding hydrogens is 176 g/mol. The van der Waals surface area contributed by atoms with Gasteiger partial charge in [-0.15, -0.1) is 6.58 Å². The summed E-state index contributed by atoms with van der Waals surface area (Å²) in [6.07, 6.45) is 3.44. The lowest BCUT2D eigenvalue weighted by Crippen LogP contribution is -2.06. The number of nitrogens with zero attached hydrogens (tertiary/aromatic N) is 2. The van der Waals surface area contributed by atoms with Gasteiger partial charge in [-0.3, -0.25) is 9.48 Å².